The molecule has 1 aromatic heterocycles. The van der Waals surface area contributed by atoms with E-state index in [9.17, 15) is 18.4 Å². The molecule has 23 heavy (non-hydrogen) atoms. The van der Waals surface area contributed by atoms with Crippen LogP contribution in [0, 0.1) is 11.6 Å². The molecule has 7 heteroatoms. The lowest BCUT2D eigenvalue weighted by Crippen LogP contribution is -2.17. The molecule has 0 aliphatic heterocycles. The quantitative estimate of drug-likeness (QED) is 0.750. The number of halogens is 3. The van der Waals surface area contributed by atoms with Gasteiger partial charge in [0.1, 0.15) is 11.6 Å². The van der Waals surface area contributed by atoms with Gasteiger partial charge in [-0.3, -0.25) is 9.59 Å². The lowest BCUT2D eigenvalue weighted by molar-refractivity contribution is 0.102. The van der Waals surface area contributed by atoms with E-state index in [0.29, 0.717) is 22.0 Å². The SMILES string of the molecule is O=C(Nc1cc(F)cc(F)c1)c1cc(=O)[nH]c2cc(Cl)ccc12. The lowest BCUT2D eigenvalue weighted by Gasteiger charge is -2.08. The van der Waals surface area contributed by atoms with Gasteiger partial charge >= 0.3 is 0 Å². The van der Waals surface area contributed by atoms with Crippen LogP contribution in [0.2, 0.25) is 5.02 Å². The van der Waals surface area contributed by atoms with Gasteiger partial charge in [-0.15, -0.1) is 0 Å². The highest BCUT2D eigenvalue weighted by atomic mass is 35.5. The van der Waals surface area contributed by atoms with Crippen LogP contribution >= 0.6 is 11.6 Å². The average molecular weight is 335 g/mol. The summed E-state index contributed by atoms with van der Waals surface area (Å²) in [5.41, 5.74) is -0.0732. The highest BCUT2D eigenvalue weighted by Gasteiger charge is 2.13. The fourth-order valence-electron chi connectivity index (χ4n) is 2.24. The van der Waals surface area contributed by atoms with E-state index in [1.807, 2.05) is 0 Å². The van der Waals surface area contributed by atoms with Crippen LogP contribution in [-0.4, -0.2) is 10.9 Å². The summed E-state index contributed by atoms with van der Waals surface area (Å²) >= 11 is 5.86. The Morgan fingerprint density at radius 3 is 2.43 bits per heavy atom. The number of nitrogens with one attached hydrogen (secondary N) is 2. The van der Waals surface area contributed by atoms with Crippen molar-refractivity contribution in [3.8, 4) is 0 Å². The van der Waals surface area contributed by atoms with Crippen molar-refractivity contribution in [2.45, 2.75) is 0 Å². The Morgan fingerprint density at radius 1 is 1.04 bits per heavy atom. The molecule has 4 nitrogen and oxygen atoms in total. The van der Waals surface area contributed by atoms with Crippen LogP contribution in [0.4, 0.5) is 14.5 Å². The van der Waals surface area contributed by atoms with Crippen LogP contribution in [0.5, 0.6) is 0 Å². The first kappa shape index (κ1) is 15.2. The van der Waals surface area contributed by atoms with Crippen molar-refractivity contribution in [1.29, 1.82) is 0 Å². The molecule has 0 fully saturated rings. The Morgan fingerprint density at radius 2 is 1.74 bits per heavy atom. The summed E-state index contributed by atoms with van der Waals surface area (Å²) in [5.74, 6) is -2.29. The van der Waals surface area contributed by atoms with Crippen LogP contribution in [0.1, 0.15) is 10.4 Å². The molecule has 2 N–H and O–H groups in total. The van der Waals surface area contributed by atoms with Gasteiger partial charge in [-0.25, -0.2) is 8.78 Å². The van der Waals surface area contributed by atoms with Crippen molar-refractivity contribution in [3.63, 3.8) is 0 Å². The van der Waals surface area contributed by atoms with E-state index in [2.05, 4.69) is 10.3 Å². The van der Waals surface area contributed by atoms with E-state index in [1.165, 1.54) is 6.07 Å². The number of hydrogen-bond acceptors (Lipinski definition) is 2. The van der Waals surface area contributed by atoms with Gasteiger partial charge < -0.3 is 10.3 Å². The minimum atomic E-state index is -0.817. The summed E-state index contributed by atoms with van der Waals surface area (Å²) in [6.07, 6.45) is 0. The number of aromatic nitrogens is 1. The van der Waals surface area contributed by atoms with Crippen molar-refractivity contribution >= 4 is 34.1 Å². The van der Waals surface area contributed by atoms with Crippen LogP contribution < -0.4 is 10.9 Å². The molecule has 2 aromatic carbocycles. The first-order valence-electron chi connectivity index (χ1n) is 6.52. The fourth-order valence-corrected chi connectivity index (χ4v) is 2.42. The third-order valence-electron chi connectivity index (χ3n) is 3.17. The zero-order valence-corrected chi connectivity index (χ0v) is 12.2. The molecular weight excluding hydrogens is 326 g/mol. The predicted octanol–water partition coefficient (Wildman–Crippen LogP) is 3.71. The molecule has 0 aliphatic rings. The molecule has 0 radical (unpaired) electrons. The Kier molecular flexibility index (Phi) is 3.83. The van der Waals surface area contributed by atoms with Crippen molar-refractivity contribution in [2.24, 2.45) is 0 Å². The number of H-pyrrole nitrogens is 1. The van der Waals surface area contributed by atoms with Gasteiger partial charge in [0.05, 0.1) is 11.1 Å². The summed E-state index contributed by atoms with van der Waals surface area (Å²) in [7, 11) is 0. The minimum absolute atomic E-state index is 0.0464. The lowest BCUT2D eigenvalue weighted by atomic mass is 10.1. The van der Waals surface area contributed by atoms with Crippen molar-refractivity contribution in [3.05, 3.63) is 75.0 Å². The molecule has 116 valence electrons. The zero-order valence-electron chi connectivity index (χ0n) is 11.5. The second-order valence-corrected chi connectivity index (χ2v) is 5.29. The van der Waals surface area contributed by atoms with E-state index in [1.54, 1.807) is 12.1 Å². The van der Waals surface area contributed by atoms with Gasteiger partial charge in [0.15, 0.2) is 0 Å². The predicted molar refractivity (Wildman–Crippen MR) is 83.9 cm³/mol. The van der Waals surface area contributed by atoms with Crippen molar-refractivity contribution in [2.75, 3.05) is 5.32 Å². The van der Waals surface area contributed by atoms with E-state index in [4.69, 9.17) is 11.6 Å². The van der Waals surface area contributed by atoms with Gasteiger partial charge in [-0.05, 0) is 24.3 Å². The molecule has 0 unspecified atom stereocenters. The van der Waals surface area contributed by atoms with Gasteiger partial charge in [-0.2, -0.15) is 0 Å². The summed E-state index contributed by atoms with van der Waals surface area (Å²) in [4.78, 5) is 26.6. The number of carbonyl (C=O) groups excluding carboxylic acids is 1. The molecule has 0 saturated heterocycles. The smallest absolute Gasteiger partial charge is 0.256 e. The molecule has 3 rings (SSSR count). The number of aromatic amines is 1. The standard InChI is InChI=1S/C16H9ClF2N2O2/c17-8-1-2-12-13(7-15(22)21-14(12)3-8)16(23)20-11-5-9(18)4-10(19)6-11/h1-7H,(H,20,23)(H,21,22). The number of anilines is 1. The maximum Gasteiger partial charge on any atom is 0.256 e. The number of carbonyl (C=O) groups is 1. The number of fused-ring (bicyclic) bond motifs is 1. The topological polar surface area (TPSA) is 62.0 Å². The normalized spacial score (nSPS) is 10.7. The van der Waals surface area contributed by atoms with Crippen molar-refractivity contribution in [1.82, 2.24) is 4.98 Å². The summed E-state index contributed by atoms with van der Waals surface area (Å²) < 4.78 is 26.4. The monoisotopic (exact) mass is 334 g/mol. The Hall–Kier alpha value is -2.73. The third-order valence-corrected chi connectivity index (χ3v) is 3.41. The molecule has 1 amide bonds. The minimum Gasteiger partial charge on any atom is -0.322 e. The maximum absolute atomic E-state index is 13.2. The molecule has 0 bridgehead atoms. The van der Waals surface area contributed by atoms with Crippen molar-refractivity contribution < 1.29 is 13.6 Å². The molecule has 0 atom stereocenters. The highest BCUT2D eigenvalue weighted by Crippen LogP contribution is 2.21. The average Bonchev–Trinajstić information content (AvgIpc) is 2.44. The Labute approximate surface area is 133 Å². The number of pyridine rings is 1. The first-order chi connectivity index (χ1) is 10.9. The summed E-state index contributed by atoms with van der Waals surface area (Å²) in [6, 6.07) is 8.42. The third kappa shape index (κ3) is 3.22. The number of hydrogen-bond donors (Lipinski definition) is 2. The van der Waals surface area contributed by atoms with E-state index in [-0.39, 0.29) is 11.3 Å². The molecular formula is C16H9ClF2N2O2. The Bertz CT molecular complexity index is 965. The van der Waals surface area contributed by atoms with E-state index >= 15 is 0 Å². The number of amides is 1. The maximum atomic E-state index is 13.2. The number of benzene rings is 2. The molecule has 0 aliphatic carbocycles. The van der Waals surface area contributed by atoms with Crippen LogP contribution in [0.25, 0.3) is 10.9 Å². The zero-order chi connectivity index (χ0) is 16.6. The Balaban J connectivity index is 2.05. The van der Waals surface area contributed by atoms with E-state index in [0.717, 1.165) is 18.2 Å². The molecule has 0 spiro atoms. The largest absolute Gasteiger partial charge is 0.322 e. The summed E-state index contributed by atoms with van der Waals surface area (Å²) in [6.45, 7) is 0. The van der Waals surface area contributed by atoms with Gasteiger partial charge in [0, 0.05) is 28.2 Å². The van der Waals surface area contributed by atoms with Gasteiger partial charge in [-0.1, -0.05) is 17.7 Å². The van der Waals surface area contributed by atoms with Crippen LogP contribution in [-0.2, 0) is 0 Å². The van der Waals surface area contributed by atoms with Gasteiger partial charge in [0.25, 0.3) is 5.91 Å². The number of rotatable bonds is 2. The second kappa shape index (κ2) is 5.81. The van der Waals surface area contributed by atoms with E-state index < -0.39 is 23.1 Å². The first-order valence-corrected chi connectivity index (χ1v) is 6.90. The van der Waals surface area contributed by atoms with Crippen LogP contribution in [0.3, 0.4) is 0 Å². The summed E-state index contributed by atoms with van der Waals surface area (Å²) in [5, 5.41) is 3.23. The molecule has 3 aromatic rings. The van der Waals surface area contributed by atoms with Crippen LogP contribution in [0.15, 0.2) is 47.3 Å². The highest BCUT2D eigenvalue weighted by molar-refractivity contribution is 6.31. The molecule has 1 heterocycles. The fraction of sp³-hybridized carbons (Fsp3) is 0. The van der Waals surface area contributed by atoms with Gasteiger partial charge in [0.2, 0.25) is 5.56 Å². The molecule has 0 saturated carbocycles. The second-order valence-electron chi connectivity index (χ2n) is 4.85.